The molecule has 28 heavy (non-hydrogen) atoms. The van der Waals surface area contributed by atoms with E-state index in [4.69, 9.17) is 11.6 Å². The number of halogens is 4. The number of rotatable bonds is 2. The van der Waals surface area contributed by atoms with Gasteiger partial charge in [-0.15, -0.1) is 0 Å². The lowest BCUT2D eigenvalue weighted by atomic mass is 9.97. The van der Waals surface area contributed by atoms with Gasteiger partial charge in [-0.3, -0.25) is 14.9 Å². The average molecular weight is 410 g/mol. The highest BCUT2D eigenvalue weighted by atomic mass is 35.5. The van der Waals surface area contributed by atoms with E-state index < -0.39 is 17.0 Å². The maximum Gasteiger partial charge on any atom is 0.473 e. The second kappa shape index (κ2) is 7.08. The molecule has 1 heterocycles. The van der Waals surface area contributed by atoms with Crippen molar-refractivity contribution in [2.24, 2.45) is 5.10 Å². The smallest absolute Gasteiger partial charge is 0.262 e. The van der Waals surface area contributed by atoms with Crippen LogP contribution in [0.4, 0.5) is 18.9 Å². The van der Waals surface area contributed by atoms with Crippen molar-refractivity contribution >= 4 is 35.0 Å². The normalized spacial score (nSPS) is 14.0. The van der Waals surface area contributed by atoms with Gasteiger partial charge in [0.25, 0.3) is 5.69 Å². The maximum absolute atomic E-state index is 13.0. The van der Waals surface area contributed by atoms with Crippen molar-refractivity contribution in [3.05, 3.63) is 80.0 Å². The Morgan fingerprint density at radius 2 is 1.82 bits per heavy atom. The highest BCUT2D eigenvalue weighted by molar-refractivity contribution is 6.31. The van der Waals surface area contributed by atoms with Crippen LogP contribution < -0.4 is 0 Å². The molecule has 0 N–H and O–H groups in total. The Balaban J connectivity index is 2.22. The second-order valence-corrected chi connectivity index (χ2v) is 6.32. The van der Waals surface area contributed by atoms with Crippen LogP contribution in [0.1, 0.15) is 23.6 Å². The van der Waals surface area contributed by atoms with Gasteiger partial charge in [0.2, 0.25) is 0 Å². The number of non-ortho nitro benzene ring substituents is 1. The standard InChI is InChI=1S/C18H11ClF3N3O3/c1-10-8-12-2-5-13(19)9-15(12)16(23-24(10)17(26)18(20,21)22)11-3-6-14(7-4-11)25(27)28/h2-9H,1H3. The zero-order chi connectivity index (χ0) is 20.6. The Hall–Kier alpha value is -3.20. The van der Waals surface area contributed by atoms with Gasteiger partial charge in [0.1, 0.15) is 0 Å². The van der Waals surface area contributed by atoms with Gasteiger partial charge in [-0.05, 0) is 42.8 Å². The quantitative estimate of drug-likeness (QED) is 0.529. The van der Waals surface area contributed by atoms with Crippen molar-refractivity contribution in [3.63, 3.8) is 0 Å². The van der Waals surface area contributed by atoms with E-state index in [1.165, 1.54) is 43.3 Å². The highest BCUT2D eigenvalue weighted by Crippen LogP contribution is 2.30. The third-order valence-corrected chi connectivity index (χ3v) is 4.19. The van der Waals surface area contributed by atoms with Crippen molar-refractivity contribution in [3.8, 4) is 0 Å². The van der Waals surface area contributed by atoms with Crippen molar-refractivity contribution in [2.75, 3.05) is 0 Å². The average Bonchev–Trinajstić information content (AvgIpc) is 2.76. The zero-order valence-electron chi connectivity index (χ0n) is 14.2. The molecular weight excluding hydrogens is 399 g/mol. The van der Waals surface area contributed by atoms with Crippen molar-refractivity contribution in [1.29, 1.82) is 0 Å². The van der Waals surface area contributed by atoms with Gasteiger partial charge in [-0.2, -0.15) is 23.3 Å². The Kier molecular flexibility index (Phi) is 4.95. The number of carbonyl (C=O) groups is 1. The summed E-state index contributed by atoms with van der Waals surface area (Å²) in [7, 11) is 0. The van der Waals surface area contributed by atoms with Crippen LogP contribution in [0.25, 0.3) is 6.08 Å². The molecule has 144 valence electrons. The van der Waals surface area contributed by atoms with Crippen LogP contribution in [0, 0.1) is 10.1 Å². The predicted octanol–water partition coefficient (Wildman–Crippen LogP) is 4.77. The molecule has 0 saturated heterocycles. The molecule has 10 heteroatoms. The zero-order valence-corrected chi connectivity index (χ0v) is 15.0. The van der Waals surface area contributed by atoms with Gasteiger partial charge in [0.15, 0.2) is 0 Å². The maximum atomic E-state index is 13.0. The number of hydrogen-bond acceptors (Lipinski definition) is 4. The molecule has 1 amide bonds. The SMILES string of the molecule is CC1=Cc2ccc(Cl)cc2C(c2ccc([N+](=O)[O-])cc2)=NN1C(=O)C(F)(F)F. The molecule has 0 unspecified atom stereocenters. The predicted molar refractivity (Wildman–Crippen MR) is 96.7 cm³/mol. The molecule has 0 fully saturated rings. The lowest BCUT2D eigenvalue weighted by Crippen LogP contribution is -2.37. The lowest BCUT2D eigenvalue weighted by Gasteiger charge is -2.19. The van der Waals surface area contributed by atoms with Gasteiger partial charge < -0.3 is 0 Å². The summed E-state index contributed by atoms with van der Waals surface area (Å²) in [4.78, 5) is 22.1. The Morgan fingerprint density at radius 3 is 2.39 bits per heavy atom. The number of nitro groups is 1. The molecule has 0 bridgehead atoms. The van der Waals surface area contributed by atoms with Gasteiger partial charge in [0.05, 0.1) is 10.6 Å². The van der Waals surface area contributed by atoms with E-state index >= 15 is 0 Å². The largest absolute Gasteiger partial charge is 0.473 e. The first-order valence-electron chi connectivity index (χ1n) is 7.81. The number of allylic oxidation sites excluding steroid dienone is 1. The minimum atomic E-state index is -5.13. The fraction of sp³-hybridized carbons (Fsp3) is 0.111. The number of carbonyl (C=O) groups excluding carboxylic acids is 1. The molecule has 0 saturated carbocycles. The Bertz CT molecular complexity index is 1030. The minimum absolute atomic E-state index is 0.0260. The molecule has 0 radical (unpaired) electrons. The van der Waals surface area contributed by atoms with Gasteiger partial charge in [-0.1, -0.05) is 17.7 Å². The van der Waals surface area contributed by atoms with Crippen LogP contribution in [-0.4, -0.2) is 27.7 Å². The Morgan fingerprint density at radius 1 is 1.18 bits per heavy atom. The number of fused-ring (bicyclic) bond motifs is 1. The van der Waals surface area contributed by atoms with E-state index in [2.05, 4.69) is 5.10 Å². The second-order valence-electron chi connectivity index (χ2n) is 5.88. The topological polar surface area (TPSA) is 75.8 Å². The molecule has 6 nitrogen and oxygen atoms in total. The molecule has 0 atom stereocenters. The summed E-state index contributed by atoms with van der Waals surface area (Å²) in [6.07, 6.45) is -3.75. The third-order valence-electron chi connectivity index (χ3n) is 3.96. The summed E-state index contributed by atoms with van der Waals surface area (Å²) in [6.45, 7) is 1.32. The van der Waals surface area contributed by atoms with E-state index in [0.717, 1.165) is 0 Å². The van der Waals surface area contributed by atoms with Gasteiger partial charge in [0, 0.05) is 34.0 Å². The minimum Gasteiger partial charge on any atom is -0.262 e. The number of nitro benzene ring substituents is 1. The number of hydrogen-bond donors (Lipinski definition) is 0. The van der Waals surface area contributed by atoms with Crippen LogP contribution in [0.3, 0.4) is 0 Å². The first kappa shape index (κ1) is 19.6. The molecule has 3 rings (SSSR count). The van der Waals surface area contributed by atoms with Crippen LogP contribution in [0.5, 0.6) is 0 Å². The number of benzene rings is 2. The van der Waals surface area contributed by atoms with E-state index in [9.17, 15) is 28.1 Å². The van der Waals surface area contributed by atoms with Gasteiger partial charge >= 0.3 is 12.1 Å². The van der Waals surface area contributed by atoms with E-state index in [0.29, 0.717) is 16.1 Å². The van der Waals surface area contributed by atoms with E-state index in [1.54, 1.807) is 12.1 Å². The third kappa shape index (κ3) is 3.74. The monoisotopic (exact) mass is 409 g/mol. The number of hydrazone groups is 1. The molecule has 0 aromatic heterocycles. The summed E-state index contributed by atoms with van der Waals surface area (Å²) in [6, 6.07) is 9.73. The van der Waals surface area contributed by atoms with E-state index in [1.807, 2.05) is 0 Å². The highest BCUT2D eigenvalue weighted by Gasteiger charge is 2.44. The summed E-state index contributed by atoms with van der Waals surface area (Å²) >= 11 is 6.03. The van der Waals surface area contributed by atoms with Crippen molar-refractivity contribution in [1.82, 2.24) is 5.01 Å². The molecule has 0 spiro atoms. The number of amides is 1. The number of nitrogens with zero attached hydrogens (tertiary/aromatic N) is 3. The fourth-order valence-corrected chi connectivity index (χ4v) is 2.83. The summed E-state index contributed by atoms with van der Waals surface area (Å²) in [5, 5.41) is 15.4. The van der Waals surface area contributed by atoms with Gasteiger partial charge in [-0.25, -0.2) is 0 Å². The summed E-state index contributed by atoms with van der Waals surface area (Å²) < 4.78 is 39.1. The fourth-order valence-electron chi connectivity index (χ4n) is 2.66. The summed E-state index contributed by atoms with van der Waals surface area (Å²) in [5.74, 6) is -2.15. The Labute approximate surface area is 161 Å². The van der Waals surface area contributed by atoms with Crippen LogP contribution in [-0.2, 0) is 4.79 Å². The number of alkyl halides is 3. The molecule has 0 aliphatic carbocycles. The lowest BCUT2D eigenvalue weighted by molar-refractivity contribution is -0.384. The molecular formula is C18H11ClF3N3O3. The van der Waals surface area contributed by atoms with Crippen LogP contribution >= 0.6 is 11.6 Å². The summed E-state index contributed by atoms with van der Waals surface area (Å²) in [5.41, 5.74) is 0.967. The first-order chi connectivity index (χ1) is 13.1. The first-order valence-corrected chi connectivity index (χ1v) is 8.18. The molecule has 1 aliphatic rings. The molecule has 2 aromatic rings. The van der Waals surface area contributed by atoms with Crippen molar-refractivity contribution in [2.45, 2.75) is 13.1 Å². The van der Waals surface area contributed by atoms with Crippen LogP contribution in [0.2, 0.25) is 5.02 Å². The molecule has 1 aliphatic heterocycles. The van der Waals surface area contributed by atoms with Crippen LogP contribution in [0.15, 0.2) is 53.3 Å². The van der Waals surface area contributed by atoms with Crippen molar-refractivity contribution < 1.29 is 22.9 Å². The van der Waals surface area contributed by atoms with E-state index in [-0.39, 0.29) is 27.7 Å². The molecule has 2 aromatic carbocycles.